The van der Waals surface area contributed by atoms with Crippen LogP contribution >= 0.6 is 0 Å². The molecular formula is C26H33N3O5. The Morgan fingerprint density at radius 3 is 2.44 bits per heavy atom. The number of carbonyl (C=O) groups is 3. The van der Waals surface area contributed by atoms with Gasteiger partial charge < -0.3 is 19.9 Å². The average molecular weight is 468 g/mol. The standard InChI is InChI=1S/C26H33N3O5/c1-18(30)27-15-10-16-29-22-14-9-4-3-6-13-20(22)17-21(25(29)32)24(31)28-23(26(33)34-2)19-11-7-5-8-12-19/h5,7-8,11-12,17,23H,3-4,6,9-10,13-16H2,1-2H3,(H,27,30)(H,28,31)/t23-/m1/s1. The van der Waals surface area contributed by atoms with E-state index in [0.717, 1.165) is 49.8 Å². The Balaban J connectivity index is 1.95. The Morgan fingerprint density at radius 2 is 1.76 bits per heavy atom. The number of rotatable bonds is 8. The van der Waals surface area contributed by atoms with Crippen LogP contribution in [-0.2, 0) is 33.7 Å². The number of fused-ring (bicyclic) bond motifs is 1. The summed E-state index contributed by atoms with van der Waals surface area (Å²) in [6, 6.07) is 9.48. The molecule has 3 rings (SSSR count). The highest BCUT2D eigenvalue weighted by atomic mass is 16.5. The number of aryl methyl sites for hydroxylation is 1. The van der Waals surface area contributed by atoms with Crippen molar-refractivity contribution < 1.29 is 19.1 Å². The fourth-order valence-corrected chi connectivity index (χ4v) is 4.39. The topological polar surface area (TPSA) is 106 Å². The second-order valence-electron chi connectivity index (χ2n) is 8.58. The molecule has 1 aliphatic rings. The number of hydrogen-bond acceptors (Lipinski definition) is 5. The fraction of sp³-hybridized carbons (Fsp3) is 0.462. The zero-order valence-corrected chi connectivity index (χ0v) is 19.9. The normalized spacial score (nSPS) is 14.2. The van der Waals surface area contributed by atoms with Gasteiger partial charge in [-0.3, -0.25) is 14.4 Å². The number of nitrogens with one attached hydrogen (secondary N) is 2. The minimum Gasteiger partial charge on any atom is -0.467 e. The molecule has 2 aromatic rings. The number of pyridine rings is 1. The SMILES string of the molecule is COC(=O)[C@H](NC(=O)c1cc2c(n(CCCNC(C)=O)c1=O)CCCCCC2)c1ccccc1. The van der Waals surface area contributed by atoms with Crippen molar-refractivity contribution in [3.8, 4) is 0 Å². The van der Waals surface area contributed by atoms with Gasteiger partial charge in [0.2, 0.25) is 5.91 Å². The smallest absolute Gasteiger partial charge is 0.333 e. The van der Waals surface area contributed by atoms with Crippen LogP contribution in [-0.4, -0.2) is 36.0 Å². The zero-order valence-electron chi connectivity index (χ0n) is 19.9. The fourth-order valence-electron chi connectivity index (χ4n) is 4.39. The van der Waals surface area contributed by atoms with Crippen LogP contribution in [0, 0.1) is 0 Å². The number of amides is 2. The Hall–Kier alpha value is -3.42. The van der Waals surface area contributed by atoms with Crippen molar-refractivity contribution in [3.63, 3.8) is 0 Å². The van der Waals surface area contributed by atoms with Crippen molar-refractivity contribution in [2.45, 2.75) is 64.5 Å². The lowest BCUT2D eigenvalue weighted by Gasteiger charge is -2.22. The van der Waals surface area contributed by atoms with Crippen molar-refractivity contribution in [2.24, 2.45) is 0 Å². The number of methoxy groups -OCH3 is 1. The van der Waals surface area contributed by atoms with Crippen molar-refractivity contribution in [1.29, 1.82) is 0 Å². The maximum absolute atomic E-state index is 13.5. The molecule has 0 radical (unpaired) electrons. The van der Waals surface area contributed by atoms with Gasteiger partial charge in [0.15, 0.2) is 6.04 Å². The lowest BCUT2D eigenvalue weighted by atomic mass is 9.95. The van der Waals surface area contributed by atoms with Crippen molar-refractivity contribution >= 4 is 17.8 Å². The molecule has 1 aromatic heterocycles. The monoisotopic (exact) mass is 467 g/mol. The van der Waals surface area contributed by atoms with Gasteiger partial charge in [-0.05, 0) is 49.3 Å². The number of ether oxygens (including phenoxy) is 1. The second kappa shape index (κ2) is 12.2. The molecule has 1 aliphatic carbocycles. The van der Waals surface area contributed by atoms with Crippen LogP contribution in [0.3, 0.4) is 0 Å². The molecule has 0 spiro atoms. The first-order valence-electron chi connectivity index (χ1n) is 11.9. The first kappa shape index (κ1) is 25.2. The zero-order chi connectivity index (χ0) is 24.5. The number of benzene rings is 1. The largest absolute Gasteiger partial charge is 0.467 e. The number of hydrogen-bond donors (Lipinski definition) is 2. The summed E-state index contributed by atoms with van der Waals surface area (Å²) in [5.74, 6) is -1.34. The van der Waals surface area contributed by atoms with Gasteiger partial charge in [-0.1, -0.05) is 43.2 Å². The molecule has 8 heteroatoms. The molecule has 0 aliphatic heterocycles. The van der Waals surface area contributed by atoms with Gasteiger partial charge in [0.25, 0.3) is 11.5 Å². The number of aromatic nitrogens is 1. The third-order valence-corrected chi connectivity index (χ3v) is 6.12. The maximum Gasteiger partial charge on any atom is 0.333 e. The van der Waals surface area contributed by atoms with E-state index in [4.69, 9.17) is 4.74 Å². The molecule has 2 amide bonds. The number of carbonyl (C=O) groups excluding carboxylic acids is 3. The van der Waals surface area contributed by atoms with Crippen molar-refractivity contribution in [3.05, 3.63) is 69.1 Å². The summed E-state index contributed by atoms with van der Waals surface area (Å²) in [6.07, 6.45) is 6.35. The quantitative estimate of drug-likeness (QED) is 0.459. The molecule has 1 heterocycles. The van der Waals surface area contributed by atoms with Crippen LogP contribution in [0.4, 0.5) is 0 Å². The summed E-state index contributed by atoms with van der Waals surface area (Å²) in [5.41, 5.74) is 2.18. The Kier molecular flexibility index (Phi) is 9.01. The van der Waals surface area contributed by atoms with Gasteiger partial charge in [-0.25, -0.2) is 4.79 Å². The average Bonchev–Trinajstić information content (AvgIpc) is 2.82. The van der Waals surface area contributed by atoms with E-state index < -0.39 is 17.9 Å². The Labute approximate surface area is 199 Å². The van der Waals surface area contributed by atoms with Crippen LogP contribution in [0.1, 0.15) is 72.2 Å². The van der Waals surface area contributed by atoms with Crippen LogP contribution in [0.2, 0.25) is 0 Å². The molecule has 0 saturated carbocycles. The summed E-state index contributed by atoms with van der Waals surface area (Å²) < 4.78 is 6.58. The predicted molar refractivity (Wildman–Crippen MR) is 129 cm³/mol. The van der Waals surface area contributed by atoms with E-state index in [9.17, 15) is 19.2 Å². The summed E-state index contributed by atoms with van der Waals surface area (Å²) in [7, 11) is 1.26. The minimum atomic E-state index is -1.02. The van der Waals surface area contributed by atoms with Gasteiger partial charge in [-0.15, -0.1) is 0 Å². The lowest BCUT2D eigenvalue weighted by Crippen LogP contribution is -2.39. The highest BCUT2D eigenvalue weighted by Gasteiger charge is 2.27. The molecule has 1 aromatic carbocycles. The van der Waals surface area contributed by atoms with Gasteiger partial charge >= 0.3 is 5.97 Å². The van der Waals surface area contributed by atoms with Gasteiger partial charge in [0, 0.05) is 25.7 Å². The van der Waals surface area contributed by atoms with E-state index in [1.165, 1.54) is 14.0 Å². The van der Waals surface area contributed by atoms with Gasteiger partial charge in [0.05, 0.1) is 7.11 Å². The maximum atomic E-state index is 13.5. The Morgan fingerprint density at radius 1 is 1.06 bits per heavy atom. The Bertz CT molecular complexity index is 1080. The molecule has 2 N–H and O–H groups in total. The van der Waals surface area contributed by atoms with Crippen LogP contribution in [0.15, 0.2) is 41.2 Å². The highest BCUT2D eigenvalue weighted by molar-refractivity contribution is 5.97. The molecule has 0 fully saturated rings. The number of esters is 1. The first-order valence-corrected chi connectivity index (χ1v) is 11.9. The summed E-state index contributed by atoms with van der Waals surface area (Å²) in [4.78, 5) is 50.4. The van der Waals surface area contributed by atoms with E-state index >= 15 is 0 Å². The number of nitrogens with zero attached hydrogens (tertiary/aromatic N) is 1. The van der Waals surface area contributed by atoms with E-state index in [1.54, 1.807) is 34.9 Å². The van der Waals surface area contributed by atoms with E-state index in [1.807, 2.05) is 6.07 Å². The highest BCUT2D eigenvalue weighted by Crippen LogP contribution is 2.21. The molecule has 8 nitrogen and oxygen atoms in total. The third kappa shape index (κ3) is 6.34. The molecule has 182 valence electrons. The van der Waals surface area contributed by atoms with Crippen molar-refractivity contribution in [2.75, 3.05) is 13.7 Å². The van der Waals surface area contributed by atoms with Crippen LogP contribution < -0.4 is 16.2 Å². The first-order chi connectivity index (χ1) is 16.4. The van der Waals surface area contributed by atoms with E-state index in [-0.39, 0.29) is 17.0 Å². The van der Waals surface area contributed by atoms with Crippen molar-refractivity contribution in [1.82, 2.24) is 15.2 Å². The van der Waals surface area contributed by atoms with E-state index in [0.29, 0.717) is 25.1 Å². The predicted octanol–water partition coefficient (Wildman–Crippen LogP) is 2.68. The molecule has 0 saturated heterocycles. The summed E-state index contributed by atoms with van der Waals surface area (Å²) >= 11 is 0. The molecular weight excluding hydrogens is 434 g/mol. The minimum absolute atomic E-state index is 0.0173. The van der Waals surface area contributed by atoms with Gasteiger partial charge in [0.1, 0.15) is 5.56 Å². The third-order valence-electron chi connectivity index (χ3n) is 6.12. The van der Waals surface area contributed by atoms with Gasteiger partial charge in [-0.2, -0.15) is 0 Å². The van der Waals surface area contributed by atoms with Crippen LogP contribution in [0.5, 0.6) is 0 Å². The molecule has 0 unspecified atom stereocenters. The van der Waals surface area contributed by atoms with Crippen LogP contribution in [0.25, 0.3) is 0 Å². The summed E-state index contributed by atoms with van der Waals surface area (Å²) in [6.45, 7) is 2.31. The summed E-state index contributed by atoms with van der Waals surface area (Å²) in [5, 5.41) is 5.45. The molecule has 0 bridgehead atoms. The molecule has 1 atom stereocenters. The molecule has 34 heavy (non-hydrogen) atoms. The van der Waals surface area contributed by atoms with E-state index in [2.05, 4.69) is 10.6 Å². The second-order valence-corrected chi connectivity index (χ2v) is 8.58. The lowest BCUT2D eigenvalue weighted by molar-refractivity contribution is -0.143.